The summed E-state index contributed by atoms with van der Waals surface area (Å²) < 4.78 is 23.7. The van der Waals surface area contributed by atoms with Crippen molar-refractivity contribution >= 4 is 17.4 Å². The summed E-state index contributed by atoms with van der Waals surface area (Å²) in [6.07, 6.45) is 1.65. The first-order valence-electron chi connectivity index (χ1n) is 5.89. The lowest BCUT2D eigenvalue weighted by Crippen LogP contribution is -1.98. The minimum Gasteiger partial charge on any atom is -0.493 e. The first-order valence-corrected chi connectivity index (χ1v) is 6.88. The van der Waals surface area contributed by atoms with E-state index in [1.54, 1.807) is 32.5 Å². The van der Waals surface area contributed by atoms with Gasteiger partial charge in [-0.3, -0.25) is 4.98 Å². The molecule has 20 heavy (non-hydrogen) atoms. The number of nitrogen functional groups attached to an aromatic ring is 1. The zero-order valence-electron chi connectivity index (χ0n) is 11.2. The van der Waals surface area contributed by atoms with Gasteiger partial charge in [0, 0.05) is 28.6 Å². The van der Waals surface area contributed by atoms with Crippen molar-refractivity contribution in [2.75, 3.05) is 20.0 Å². The second-order valence-corrected chi connectivity index (χ2v) is 4.98. The first kappa shape index (κ1) is 14.5. The van der Waals surface area contributed by atoms with Crippen LogP contribution in [0.5, 0.6) is 11.5 Å². The number of methoxy groups -OCH3 is 2. The number of anilines is 1. The normalized spacial score (nSPS) is 10.3. The average Bonchev–Trinajstić information content (AvgIpc) is 2.47. The molecule has 106 valence electrons. The zero-order chi connectivity index (χ0) is 14.5. The minimum absolute atomic E-state index is 0.313. The summed E-state index contributed by atoms with van der Waals surface area (Å²) in [5, 5.41) is 0. The van der Waals surface area contributed by atoms with Gasteiger partial charge in [0.25, 0.3) is 0 Å². The Labute approximate surface area is 121 Å². The molecule has 1 heterocycles. The second-order valence-electron chi connectivity index (χ2n) is 3.96. The molecule has 0 radical (unpaired) electrons. The third-order valence-electron chi connectivity index (χ3n) is 2.71. The van der Waals surface area contributed by atoms with Gasteiger partial charge in [-0.15, -0.1) is 11.8 Å². The highest BCUT2D eigenvalue weighted by Gasteiger charge is 2.12. The molecule has 0 atom stereocenters. The van der Waals surface area contributed by atoms with Crippen LogP contribution in [0.2, 0.25) is 0 Å². The predicted molar refractivity (Wildman–Crippen MR) is 77.7 cm³/mol. The van der Waals surface area contributed by atoms with Gasteiger partial charge in [0.1, 0.15) is 5.82 Å². The molecule has 1 aromatic heterocycles. The van der Waals surface area contributed by atoms with Crippen molar-refractivity contribution in [3.63, 3.8) is 0 Å². The number of halogens is 1. The molecule has 2 aromatic rings. The van der Waals surface area contributed by atoms with Gasteiger partial charge in [0.05, 0.1) is 19.9 Å². The quantitative estimate of drug-likeness (QED) is 0.678. The molecule has 0 unspecified atom stereocenters. The summed E-state index contributed by atoms with van der Waals surface area (Å²) in [4.78, 5) is 4.94. The van der Waals surface area contributed by atoms with E-state index in [1.165, 1.54) is 23.9 Å². The van der Waals surface area contributed by atoms with E-state index in [2.05, 4.69) is 4.98 Å². The predicted octanol–water partition coefficient (Wildman–Crippen LogP) is 3.11. The second kappa shape index (κ2) is 6.47. The van der Waals surface area contributed by atoms with Gasteiger partial charge in [0.15, 0.2) is 11.5 Å². The van der Waals surface area contributed by atoms with Gasteiger partial charge in [0.2, 0.25) is 0 Å². The molecular weight excluding hydrogens is 279 g/mol. The van der Waals surface area contributed by atoms with Crippen LogP contribution in [0.1, 0.15) is 5.69 Å². The largest absolute Gasteiger partial charge is 0.493 e. The number of benzene rings is 1. The maximum atomic E-state index is 13.2. The number of rotatable bonds is 5. The Balaban J connectivity index is 2.20. The van der Waals surface area contributed by atoms with Gasteiger partial charge in [-0.25, -0.2) is 4.39 Å². The Morgan fingerprint density at radius 1 is 1.25 bits per heavy atom. The van der Waals surface area contributed by atoms with E-state index in [4.69, 9.17) is 15.2 Å². The molecular formula is C14H15FN2O2S. The summed E-state index contributed by atoms with van der Waals surface area (Å²) in [6.45, 7) is 0. The number of hydrogen-bond donors (Lipinski definition) is 1. The Bertz CT molecular complexity index is 608. The van der Waals surface area contributed by atoms with Crippen molar-refractivity contribution in [3.8, 4) is 11.5 Å². The van der Waals surface area contributed by atoms with Crippen LogP contribution in [0.3, 0.4) is 0 Å². The molecule has 0 aliphatic carbocycles. The SMILES string of the molecule is COc1ccnc(CSc2cc(F)ccc2N)c1OC. The first-order chi connectivity index (χ1) is 9.65. The average molecular weight is 294 g/mol. The Hall–Kier alpha value is -1.95. The summed E-state index contributed by atoms with van der Waals surface area (Å²) in [5.74, 6) is 1.39. The maximum Gasteiger partial charge on any atom is 0.183 e. The highest BCUT2D eigenvalue weighted by Crippen LogP contribution is 2.35. The number of aromatic nitrogens is 1. The van der Waals surface area contributed by atoms with Crippen molar-refractivity contribution in [2.45, 2.75) is 10.6 Å². The summed E-state index contributed by atoms with van der Waals surface area (Å²) in [6, 6.07) is 6.02. The van der Waals surface area contributed by atoms with Gasteiger partial charge in [-0.2, -0.15) is 0 Å². The van der Waals surface area contributed by atoms with E-state index in [9.17, 15) is 4.39 Å². The summed E-state index contributed by atoms with van der Waals surface area (Å²) >= 11 is 1.40. The van der Waals surface area contributed by atoms with Crippen LogP contribution in [-0.4, -0.2) is 19.2 Å². The van der Waals surface area contributed by atoms with Crippen LogP contribution in [0, 0.1) is 5.82 Å². The van der Waals surface area contributed by atoms with Crippen LogP contribution >= 0.6 is 11.8 Å². The van der Waals surface area contributed by atoms with Crippen molar-refractivity contribution in [2.24, 2.45) is 0 Å². The van der Waals surface area contributed by atoms with Crippen LogP contribution in [0.15, 0.2) is 35.4 Å². The molecule has 0 aliphatic heterocycles. The minimum atomic E-state index is -0.313. The van der Waals surface area contributed by atoms with E-state index >= 15 is 0 Å². The van der Waals surface area contributed by atoms with Crippen molar-refractivity contribution in [3.05, 3.63) is 42.0 Å². The van der Waals surface area contributed by atoms with Gasteiger partial charge in [-0.1, -0.05) is 0 Å². The Kier molecular flexibility index (Phi) is 4.68. The maximum absolute atomic E-state index is 13.2. The number of ether oxygens (including phenoxy) is 2. The molecule has 0 bridgehead atoms. The number of nitrogens with two attached hydrogens (primary N) is 1. The highest BCUT2D eigenvalue weighted by atomic mass is 32.2. The molecule has 0 fully saturated rings. The van der Waals surface area contributed by atoms with Crippen molar-refractivity contribution in [1.82, 2.24) is 4.98 Å². The highest BCUT2D eigenvalue weighted by molar-refractivity contribution is 7.98. The van der Waals surface area contributed by atoms with E-state index in [0.29, 0.717) is 27.8 Å². The summed E-state index contributed by atoms with van der Waals surface area (Å²) in [5.41, 5.74) is 7.08. The van der Waals surface area contributed by atoms with Gasteiger partial charge < -0.3 is 15.2 Å². The molecule has 1 aromatic carbocycles. The number of nitrogens with zero attached hydrogens (tertiary/aromatic N) is 1. The van der Waals surface area contributed by atoms with E-state index < -0.39 is 0 Å². The monoisotopic (exact) mass is 294 g/mol. The molecule has 0 amide bonds. The van der Waals surface area contributed by atoms with Crippen LogP contribution in [-0.2, 0) is 5.75 Å². The van der Waals surface area contributed by atoms with Gasteiger partial charge >= 0.3 is 0 Å². The third-order valence-corrected chi connectivity index (χ3v) is 3.79. The lowest BCUT2D eigenvalue weighted by atomic mass is 10.3. The van der Waals surface area contributed by atoms with E-state index in [1.807, 2.05) is 0 Å². The molecule has 0 spiro atoms. The van der Waals surface area contributed by atoms with E-state index in [0.717, 1.165) is 5.69 Å². The molecule has 0 aliphatic rings. The number of pyridine rings is 1. The van der Waals surface area contributed by atoms with Crippen LogP contribution in [0.4, 0.5) is 10.1 Å². The number of hydrogen-bond acceptors (Lipinski definition) is 5. The fourth-order valence-corrected chi connectivity index (χ4v) is 2.66. The van der Waals surface area contributed by atoms with Crippen LogP contribution < -0.4 is 15.2 Å². The standard InChI is InChI=1S/C14H15FN2O2S/c1-18-12-5-6-17-11(14(12)19-2)8-20-13-7-9(15)3-4-10(13)16/h3-7H,8,16H2,1-2H3. The third kappa shape index (κ3) is 3.14. The Morgan fingerprint density at radius 3 is 2.75 bits per heavy atom. The Morgan fingerprint density at radius 2 is 2.05 bits per heavy atom. The van der Waals surface area contributed by atoms with Crippen molar-refractivity contribution in [1.29, 1.82) is 0 Å². The smallest absolute Gasteiger partial charge is 0.183 e. The van der Waals surface area contributed by atoms with Crippen molar-refractivity contribution < 1.29 is 13.9 Å². The fraction of sp³-hybridized carbons (Fsp3) is 0.214. The lowest BCUT2D eigenvalue weighted by molar-refractivity contribution is 0.350. The molecule has 0 saturated heterocycles. The zero-order valence-corrected chi connectivity index (χ0v) is 12.0. The van der Waals surface area contributed by atoms with Gasteiger partial charge in [-0.05, 0) is 18.2 Å². The summed E-state index contributed by atoms with van der Waals surface area (Å²) in [7, 11) is 3.13. The molecule has 6 heteroatoms. The lowest BCUT2D eigenvalue weighted by Gasteiger charge is -2.11. The topological polar surface area (TPSA) is 57.4 Å². The molecule has 2 N–H and O–H groups in total. The molecule has 0 saturated carbocycles. The van der Waals surface area contributed by atoms with E-state index in [-0.39, 0.29) is 5.82 Å². The molecule has 2 rings (SSSR count). The van der Waals surface area contributed by atoms with Crippen LogP contribution in [0.25, 0.3) is 0 Å². The number of thioether (sulfide) groups is 1. The molecule has 4 nitrogen and oxygen atoms in total. The fourth-order valence-electron chi connectivity index (χ4n) is 1.73.